The van der Waals surface area contributed by atoms with Gasteiger partial charge in [0.05, 0.1) is 20.0 Å². The third-order valence-electron chi connectivity index (χ3n) is 7.91. The normalized spacial score (nSPS) is 22.1. The molecule has 3 aromatic carbocycles. The quantitative estimate of drug-likeness (QED) is 0.104. The number of hydrogen-bond acceptors (Lipinski definition) is 8. The van der Waals surface area contributed by atoms with Crippen molar-refractivity contribution in [3.05, 3.63) is 118 Å². The van der Waals surface area contributed by atoms with Gasteiger partial charge in [-0.25, -0.2) is 9.37 Å². The maximum atomic E-state index is 15.5. The summed E-state index contributed by atoms with van der Waals surface area (Å²) >= 11 is 1.93. The van der Waals surface area contributed by atoms with E-state index in [2.05, 4.69) is 15.3 Å². The zero-order valence-corrected chi connectivity index (χ0v) is 25.2. The first-order valence-electron chi connectivity index (χ1n) is 13.5. The second kappa shape index (κ2) is 11.7. The van der Waals surface area contributed by atoms with Gasteiger partial charge in [0.2, 0.25) is 5.95 Å². The van der Waals surface area contributed by atoms with Crippen LogP contribution in [-0.2, 0) is 10.3 Å². The fourth-order valence-electron chi connectivity index (χ4n) is 5.60. The van der Waals surface area contributed by atoms with Crippen molar-refractivity contribution < 1.29 is 24.1 Å². The van der Waals surface area contributed by atoms with Crippen LogP contribution >= 0.6 is 22.6 Å². The van der Waals surface area contributed by atoms with E-state index in [0.717, 1.165) is 16.7 Å². The number of rotatable bonds is 9. The number of halogens is 2. The predicted octanol–water partition coefficient (Wildman–Crippen LogP) is 3.93. The lowest BCUT2D eigenvalue weighted by atomic mass is 9.77. The van der Waals surface area contributed by atoms with Crippen molar-refractivity contribution in [1.82, 2.24) is 19.5 Å². The number of aliphatic hydroxyl groups excluding tert-OH is 2. The van der Waals surface area contributed by atoms with Crippen LogP contribution in [0.3, 0.4) is 0 Å². The minimum Gasteiger partial charge on any atom is -0.497 e. The lowest BCUT2D eigenvalue weighted by Crippen LogP contribution is -2.47. The Labute approximate surface area is 259 Å². The van der Waals surface area contributed by atoms with Crippen molar-refractivity contribution in [2.24, 2.45) is 0 Å². The molecule has 6 rings (SSSR count). The Balaban J connectivity index is 1.53. The number of ether oxygens (including phenoxy) is 2. The highest BCUT2D eigenvalue weighted by Gasteiger charge is 2.55. The Morgan fingerprint density at radius 3 is 2.21 bits per heavy atom. The lowest BCUT2D eigenvalue weighted by molar-refractivity contribution is -0.110. The molecule has 0 unspecified atom stereocenters. The van der Waals surface area contributed by atoms with Crippen molar-refractivity contribution in [3.63, 3.8) is 0 Å². The van der Waals surface area contributed by atoms with Gasteiger partial charge in [-0.1, -0.05) is 95.4 Å². The zero-order chi connectivity index (χ0) is 30.2. The summed E-state index contributed by atoms with van der Waals surface area (Å²) in [5.74, 6) is 0.777. The van der Waals surface area contributed by atoms with Crippen LogP contribution in [0.4, 0.5) is 10.3 Å². The largest absolute Gasteiger partial charge is 0.497 e. The second-order valence-corrected chi connectivity index (χ2v) is 11.1. The summed E-state index contributed by atoms with van der Waals surface area (Å²) in [7, 11) is 1.60. The number of nitrogens with zero attached hydrogens (tertiary/aromatic N) is 3. The van der Waals surface area contributed by atoms with Crippen LogP contribution < -0.4 is 15.6 Å². The average Bonchev–Trinajstić information content (AvgIpc) is 3.59. The molecule has 0 amide bonds. The summed E-state index contributed by atoms with van der Waals surface area (Å²) in [6.07, 6.45) is -3.59. The fourth-order valence-corrected chi connectivity index (χ4v) is 6.47. The molecule has 12 heteroatoms. The minimum atomic E-state index is -1.90. The van der Waals surface area contributed by atoms with E-state index in [9.17, 15) is 15.0 Å². The molecule has 1 saturated heterocycles. The van der Waals surface area contributed by atoms with E-state index < -0.39 is 41.8 Å². The summed E-state index contributed by atoms with van der Waals surface area (Å²) in [5.41, 5.74) is -0.506. The van der Waals surface area contributed by atoms with E-state index in [1.165, 1.54) is 10.9 Å². The van der Waals surface area contributed by atoms with Gasteiger partial charge in [-0.3, -0.25) is 14.3 Å². The summed E-state index contributed by atoms with van der Waals surface area (Å²) < 4.78 is 28.2. The third-order valence-corrected chi connectivity index (χ3v) is 9.20. The number of anilines is 1. The van der Waals surface area contributed by atoms with Crippen LogP contribution in [0.25, 0.3) is 11.2 Å². The molecule has 3 heterocycles. The van der Waals surface area contributed by atoms with Gasteiger partial charge in [0.1, 0.15) is 23.0 Å². The molecule has 10 nitrogen and oxygen atoms in total. The van der Waals surface area contributed by atoms with E-state index in [1.54, 1.807) is 7.11 Å². The molecule has 1 fully saturated rings. The van der Waals surface area contributed by atoms with Crippen molar-refractivity contribution in [2.45, 2.75) is 29.6 Å². The van der Waals surface area contributed by atoms with Crippen molar-refractivity contribution in [3.8, 4) is 5.75 Å². The Bertz CT molecular complexity index is 1720. The van der Waals surface area contributed by atoms with Crippen LogP contribution in [0, 0.1) is 0 Å². The van der Waals surface area contributed by atoms with Gasteiger partial charge in [-0.15, -0.1) is 0 Å². The van der Waals surface area contributed by atoms with Gasteiger partial charge >= 0.3 is 0 Å². The molecule has 0 aliphatic carbocycles. The van der Waals surface area contributed by atoms with Crippen LogP contribution in [0.15, 0.2) is 96.1 Å². The first-order chi connectivity index (χ1) is 20.9. The molecule has 43 heavy (non-hydrogen) atoms. The first-order valence-corrected chi connectivity index (χ1v) is 15.1. The number of aromatic nitrogens is 4. The molecule has 4 atom stereocenters. The molecule has 1 aliphatic rings. The maximum Gasteiger partial charge on any atom is 0.280 e. The number of fused-ring (bicyclic) bond motifs is 1. The number of benzene rings is 3. The minimum absolute atomic E-state index is 0.0266. The Morgan fingerprint density at radius 2 is 1.67 bits per heavy atom. The highest BCUT2D eigenvalue weighted by molar-refractivity contribution is 14.1. The van der Waals surface area contributed by atoms with Crippen LogP contribution in [0.2, 0.25) is 0 Å². The van der Waals surface area contributed by atoms with Gasteiger partial charge in [0.25, 0.3) is 5.56 Å². The first kappa shape index (κ1) is 29.2. The Kier molecular flexibility index (Phi) is 7.94. The summed E-state index contributed by atoms with van der Waals surface area (Å²) in [4.78, 5) is 25.0. The van der Waals surface area contributed by atoms with Crippen LogP contribution in [0.1, 0.15) is 22.9 Å². The lowest BCUT2D eigenvalue weighted by Gasteiger charge is -2.37. The van der Waals surface area contributed by atoms with Crippen LogP contribution in [0.5, 0.6) is 5.75 Å². The van der Waals surface area contributed by atoms with Gasteiger partial charge in [0, 0.05) is 4.43 Å². The number of nitrogens with one attached hydrogen (secondary N) is 2. The fraction of sp³-hybridized carbons (Fsp3) is 0.258. The zero-order valence-electron chi connectivity index (χ0n) is 23.0. The van der Waals surface area contributed by atoms with Gasteiger partial charge < -0.3 is 25.0 Å². The molecule has 5 aromatic rings. The number of H-pyrrole nitrogens is 1. The molecule has 4 N–H and O–H groups in total. The molecule has 1 aliphatic heterocycles. The predicted molar refractivity (Wildman–Crippen MR) is 167 cm³/mol. The SMILES string of the molecule is COc1ccc(C(Nc2nc3c(ncn3[C@@H]3O[C@@](CO)(CI)[C@@H](O)[C@H]3F)c(=O)[nH]2)(c2ccccc2)c2ccccc2)cc1. The summed E-state index contributed by atoms with van der Waals surface area (Å²) in [6.45, 7) is -0.583. The average molecular weight is 698 g/mol. The number of aromatic amines is 1. The van der Waals surface area contributed by atoms with Gasteiger partial charge in [-0.05, 0) is 28.8 Å². The number of alkyl halides is 2. The van der Waals surface area contributed by atoms with E-state index >= 15 is 4.39 Å². The topological polar surface area (TPSA) is 135 Å². The number of hydrogen-bond donors (Lipinski definition) is 4. The maximum absolute atomic E-state index is 15.5. The second-order valence-electron chi connectivity index (χ2n) is 10.3. The molecule has 0 spiro atoms. The van der Waals surface area contributed by atoms with Crippen molar-refractivity contribution in [1.29, 1.82) is 0 Å². The molecular formula is C31H29FIN5O5. The molecule has 0 saturated carbocycles. The van der Waals surface area contributed by atoms with Gasteiger partial charge in [0.15, 0.2) is 23.6 Å². The molecule has 0 radical (unpaired) electrons. The highest BCUT2D eigenvalue weighted by Crippen LogP contribution is 2.42. The standard InChI is InChI=1S/C31H29FIN5O5/c1-42-22-14-12-21(13-15-22)31(19-8-4-2-5-9-19,20-10-6-3-7-11-20)37-29-35-26-24(27(41)36-29)34-18-38(26)28-23(32)25(40)30(16-33,17-39)43-28/h2-15,18,23,25,28,39-40H,16-17H2,1H3,(H2,35,36,37,41)/t23-,25+,28-,30-/m1/s1. The molecule has 2 aromatic heterocycles. The molecule has 222 valence electrons. The van der Waals surface area contributed by atoms with E-state index in [-0.39, 0.29) is 21.5 Å². The highest BCUT2D eigenvalue weighted by atomic mass is 127. The third kappa shape index (κ3) is 4.87. The Morgan fingerprint density at radius 1 is 1.07 bits per heavy atom. The van der Waals surface area contributed by atoms with Crippen molar-refractivity contribution in [2.75, 3.05) is 23.5 Å². The van der Waals surface area contributed by atoms with E-state index in [1.807, 2.05) is 108 Å². The van der Waals surface area contributed by atoms with E-state index in [0.29, 0.717) is 5.75 Å². The van der Waals surface area contributed by atoms with Crippen LogP contribution in [-0.4, -0.2) is 65.8 Å². The number of methoxy groups -OCH3 is 1. The summed E-state index contributed by atoms with van der Waals surface area (Å²) in [6, 6.07) is 27.1. The molecule has 0 bridgehead atoms. The van der Waals surface area contributed by atoms with E-state index in [4.69, 9.17) is 14.5 Å². The van der Waals surface area contributed by atoms with Gasteiger partial charge in [-0.2, -0.15) is 4.98 Å². The summed E-state index contributed by atoms with van der Waals surface area (Å²) in [5, 5.41) is 24.1. The number of imidazole rings is 1. The smallest absolute Gasteiger partial charge is 0.280 e. The monoisotopic (exact) mass is 697 g/mol. The molecular weight excluding hydrogens is 668 g/mol. The number of aliphatic hydroxyl groups is 2. The van der Waals surface area contributed by atoms with Crippen molar-refractivity contribution >= 4 is 39.7 Å². The Hall–Kier alpha value is -3.85.